The predicted octanol–water partition coefficient (Wildman–Crippen LogP) is 2.15. The second kappa shape index (κ2) is 5.88. The van der Waals surface area contributed by atoms with Gasteiger partial charge in [0, 0.05) is 5.56 Å². The summed E-state index contributed by atoms with van der Waals surface area (Å²) in [5.74, 6) is -0.257. The van der Waals surface area contributed by atoms with Crippen molar-refractivity contribution >= 4 is 23.2 Å². The van der Waals surface area contributed by atoms with Crippen molar-refractivity contribution in [3.8, 4) is 0 Å². The molecule has 0 aliphatic heterocycles. The van der Waals surface area contributed by atoms with Crippen molar-refractivity contribution in [2.24, 2.45) is 16.5 Å². The van der Waals surface area contributed by atoms with Crippen LogP contribution in [0, 0.1) is 6.92 Å². The second-order valence-electron chi connectivity index (χ2n) is 4.38. The van der Waals surface area contributed by atoms with Crippen LogP contribution in [-0.4, -0.2) is 11.9 Å². The lowest BCUT2D eigenvalue weighted by Gasteiger charge is -2.09. The lowest BCUT2D eigenvalue weighted by molar-refractivity contribution is 0.102. The molecule has 0 aliphatic rings. The summed E-state index contributed by atoms with van der Waals surface area (Å²) < 4.78 is 0. The van der Waals surface area contributed by atoms with E-state index in [4.69, 9.17) is 11.5 Å². The Bertz CT molecular complexity index is 646. The van der Waals surface area contributed by atoms with E-state index in [-0.39, 0.29) is 11.9 Å². The molecular formula is C15H16N4O. The molecule has 0 aromatic heterocycles. The van der Waals surface area contributed by atoms with Crippen LogP contribution in [0.5, 0.6) is 0 Å². The molecule has 0 unspecified atom stereocenters. The number of nitrogens with zero attached hydrogens (tertiary/aromatic N) is 1. The molecule has 5 N–H and O–H groups in total. The fourth-order valence-corrected chi connectivity index (χ4v) is 1.76. The van der Waals surface area contributed by atoms with Gasteiger partial charge >= 0.3 is 0 Å². The van der Waals surface area contributed by atoms with Gasteiger partial charge in [-0.1, -0.05) is 24.3 Å². The van der Waals surface area contributed by atoms with Gasteiger partial charge in [-0.05, 0) is 36.8 Å². The van der Waals surface area contributed by atoms with E-state index in [1.54, 1.807) is 36.4 Å². The molecule has 0 fully saturated rings. The molecule has 0 atom stereocenters. The van der Waals surface area contributed by atoms with Crippen LogP contribution in [0.1, 0.15) is 15.9 Å². The number of carbonyl (C=O) groups excluding carboxylic acids is 1. The number of benzene rings is 2. The molecule has 102 valence electrons. The van der Waals surface area contributed by atoms with E-state index in [0.717, 1.165) is 5.56 Å². The maximum absolute atomic E-state index is 12.1. The standard InChI is InChI=1S/C15H16N4O/c1-10-7-8-12(13(9-10)19-15(16)17)18-14(20)11-5-3-2-4-6-11/h2-9H,1H3,(H,18,20)(H4,16,17,19). The number of rotatable bonds is 3. The van der Waals surface area contributed by atoms with Gasteiger partial charge in [0.25, 0.3) is 5.91 Å². The van der Waals surface area contributed by atoms with Crippen molar-refractivity contribution in [3.63, 3.8) is 0 Å². The fourth-order valence-electron chi connectivity index (χ4n) is 1.76. The zero-order valence-corrected chi connectivity index (χ0v) is 11.1. The fraction of sp³-hybridized carbons (Fsp3) is 0.0667. The van der Waals surface area contributed by atoms with Crippen molar-refractivity contribution < 1.29 is 4.79 Å². The first-order valence-electron chi connectivity index (χ1n) is 6.13. The van der Waals surface area contributed by atoms with E-state index in [1.165, 1.54) is 0 Å². The zero-order chi connectivity index (χ0) is 14.5. The molecule has 5 nitrogen and oxygen atoms in total. The van der Waals surface area contributed by atoms with Crippen molar-refractivity contribution in [1.29, 1.82) is 0 Å². The summed E-state index contributed by atoms with van der Waals surface area (Å²) in [7, 11) is 0. The zero-order valence-electron chi connectivity index (χ0n) is 11.1. The van der Waals surface area contributed by atoms with E-state index < -0.39 is 0 Å². The van der Waals surface area contributed by atoms with Gasteiger partial charge in [-0.25, -0.2) is 4.99 Å². The second-order valence-corrected chi connectivity index (χ2v) is 4.38. The minimum Gasteiger partial charge on any atom is -0.370 e. The highest BCUT2D eigenvalue weighted by molar-refractivity contribution is 6.05. The smallest absolute Gasteiger partial charge is 0.255 e. The molecule has 0 bridgehead atoms. The number of aryl methyl sites for hydroxylation is 1. The quantitative estimate of drug-likeness (QED) is 0.588. The van der Waals surface area contributed by atoms with Crippen LogP contribution in [0.25, 0.3) is 0 Å². The number of carbonyl (C=O) groups is 1. The average Bonchev–Trinajstić information content (AvgIpc) is 2.42. The lowest BCUT2D eigenvalue weighted by atomic mass is 10.1. The Hall–Kier alpha value is -2.82. The molecule has 0 aliphatic carbocycles. The minimum absolute atomic E-state index is 0.0502. The van der Waals surface area contributed by atoms with Gasteiger partial charge < -0.3 is 16.8 Å². The molecule has 0 saturated carbocycles. The number of anilines is 1. The number of aliphatic imine (C=N–C) groups is 1. The van der Waals surface area contributed by atoms with Crippen LogP contribution in [0.15, 0.2) is 53.5 Å². The first-order valence-corrected chi connectivity index (χ1v) is 6.13. The van der Waals surface area contributed by atoms with Gasteiger partial charge in [-0.3, -0.25) is 4.79 Å². The van der Waals surface area contributed by atoms with Gasteiger partial charge in [-0.2, -0.15) is 0 Å². The average molecular weight is 268 g/mol. The first kappa shape index (κ1) is 13.6. The monoisotopic (exact) mass is 268 g/mol. The summed E-state index contributed by atoms with van der Waals surface area (Å²) in [6, 6.07) is 14.4. The molecule has 0 spiro atoms. The Balaban J connectivity index is 2.30. The SMILES string of the molecule is Cc1ccc(NC(=O)c2ccccc2)c(N=C(N)N)c1. The Labute approximate surface area is 117 Å². The third-order valence-electron chi connectivity index (χ3n) is 2.69. The van der Waals surface area contributed by atoms with Gasteiger partial charge in [-0.15, -0.1) is 0 Å². The van der Waals surface area contributed by atoms with Crippen LogP contribution in [-0.2, 0) is 0 Å². The summed E-state index contributed by atoms with van der Waals surface area (Å²) in [6.45, 7) is 1.93. The van der Waals surface area contributed by atoms with Gasteiger partial charge in [0.2, 0.25) is 0 Å². The van der Waals surface area contributed by atoms with Crippen molar-refractivity contribution in [1.82, 2.24) is 0 Å². The summed E-state index contributed by atoms with van der Waals surface area (Å²) in [6.07, 6.45) is 0. The van der Waals surface area contributed by atoms with Crippen molar-refractivity contribution in [3.05, 3.63) is 59.7 Å². The topological polar surface area (TPSA) is 93.5 Å². The summed E-state index contributed by atoms with van der Waals surface area (Å²) in [4.78, 5) is 16.1. The molecule has 0 radical (unpaired) electrons. The maximum Gasteiger partial charge on any atom is 0.255 e. The lowest BCUT2D eigenvalue weighted by Crippen LogP contribution is -2.22. The Morgan fingerprint density at radius 1 is 1.10 bits per heavy atom. The number of amides is 1. The third kappa shape index (κ3) is 3.35. The van der Waals surface area contributed by atoms with Crippen LogP contribution in [0.4, 0.5) is 11.4 Å². The maximum atomic E-state index is 12.1. The molecule has 0 heterocycles. The van der Waals surface area contributed by atoms with E-state index in [0.29, 0.717) is 16.9 Å². The minimum atomic E-state index is -0.207. The van der Waals surface area contributed by atoms with Gasteiger partial charge in [0.15, 0.2) is 5.96 Å². The highest BCUT2D eigenvalue weighted by atomic mass is 16.1. The van der Waals surface area contributed by atoms with Crippen LogP contribution < -0.4 is 16.8 Å². The molecule has 0 saturated heterocycles. The van der Waals surface area contributed by atoms with Crippen LogP contribution >= 0.6 is 0 Å². The number of hydrogen-bond acceptors (Lipinski definition) is 2. The largest absolute Gasteiger partial charge is 0.370 e. The van der Waals surface area contributed by atoms with Crippen LogP contribution in [0.2, 0.25) is 0 Å². The number of hydrogen-bond donors (Lipinski definition) is 3. The van der Waals surface area contributed by atoms with Gasteiger partial charge in [0.1, 0.15) is 0 Å². The summed E-state index contributed by atoms with van der Waals surface area (Å²) >= 11 is 0. The first-order chi connectivity index (χ1) is 9.56. The Kier molecular flexibility index (Phi) is 4.00. The van der Waals surface area contributed by atoms with E-state index in [2.05, 4.69) is 10.3 Å². The predicted molar refractivity (Wildman–Crippen MR) is 81.0 cm³/mol. The normalized spacial score (nSPS) is 9.85. The third-order valence-corrected chi connectivity index (χ3v) is 2.69. The van der Waals surface area contributed by atoms with E-state index in [1.807, 2.05) is 19.1 Å². The van der Waals surface area contributed by atoms with Crippen molar-refractivity contribution in [2.75, 3.05) is 5.32 Å². The Morgan fingerprint density at radius 2 is 1.80 bits per heavy atom. The summed E-state index contributed by atoms with van der Waals surface area (Å²) in [5, 5.41) is 2.80. The summed E-state index contributed by atoms with van der Waals surface area (Å²) in [5.41, 5.74) is 13.5. The molecule has 2 aromatic rings. The number of guanidine groups is 1. The molecule has 5 heteroatoms. The highest BCUT2D eigenvalue weighted by Crippen LogP contribution is 2.26. The molecule has 20 heavy (non-hydrogen) atoms. The van der Waals surface area contributed by atoms with Crippen molar-refractivity contribution in [2.45, 2.75) is 6.92 Å². The number of nitrogens with two attached hydrogens (primary N) is 2. The van der Waals surface area contributed by atoms with Crippen LogP contribution in [0.3, 0.4) is 0 Å². The highest BCUT2D eigenvalue weighted by Gasteiger charge is 2.08. The van der Waals surface area contributed by atoms with Gasteiger partial charge in [0.05, 0.1) is 11.4 Å². The molecule has 2 rings (SSSR count). The molecule has 1 amide bonds. The number of nitrogens with one attached hydrogen (secondary N) is 1. The molecule has 2 aromatic carbocycles. The Morgan fingerprint density at radius 3 is 2.45 bits per heavy atom. The molecular weight excluding hydrogens is 252 g/mol. The van der Waals surface area contributed by atoms with E-state index >= 15 is 0 Å². The van der Waals surface area contributed by atoms with E-state index in [9.17, 15) is 4.79 Å².